The fraction of sp³-hybridized carbons (Fsp3) is 0. The Morgan fingerprint density at radius 2 is 1.79 bits per heavy atom. The number of hydrogen-bond acceptors (Lipinski definition) is 4. The minimum absolute atomic E-state index is 0.609. The van der Waals surface area contributed by atoms with Crippen LogP contribution in [-0.2, 0) is 0 Å². The first kappa shape index (κ1) is 15.4. The van der Waals surface area contributed by atoms with Crippen LogP contribution < -0.4 is 5.32 Å². The fourth-order valence-corrected chi connectivity index (χ4v) is 3.69. The van der Waals surface area contributed by atoms with Crippen LogP contribution in [0.3, 0.4) is 0 Å². The normalized spacial score (nSPS) is 10.9. The highest BCUT2D eigenvalue weighted by Crippen LogP contribution is 2.34. The van der Waals surface area contributed by atoms with Gasteiger partial charge in [0.05, 0.1) is 15.4 Å². The van der Waals surface area contributed by atoms with E-state index in [1.165, 1.54) is 11.3 Å². The molecule has 0 aliphatic rings. The molecule has 1 N–H and O–H groups in total. The van der Waals surface area contributed by atoms with Gasteiger partial charge in [0.1, 0.15) is 5.82 Å². The van der Waals surface area contributed by atoms with Gasteiger partial charge in [-0.2, -0.15) is 0 Å². The number of hydrogen-bond donors (Lipinski definition) is 1. The molecule has 0 fully saturated rings. The molecule has 0 radical (unpaired) electrons. The van der Waals surface area contributed by atoms with Crippen molar-refractivity contribution >= 4 is 56.9 Å². The minimum Gasteiger partial charge on any atom is -0.340 e. The first-order valence-corrected chi connectivity index (χ1v) is 8.87. The third kappa shape index (κ3) is 2.96. The molecular formula is C18H11Cl2N3S. The van der Waals surface area contributed by atoms with Gasteiger partial charge in [-0.05, 0) is 41.8 Å². The molecule has 6 heteroatoms. The fourth-order valence-electron chi connectivity index (χ4n) is 2.43. The van der Waals surface area contributed by atoms with Crippen molar-refractivity contribution in [3.8, 4) is 10.7 Å². The molecule has 3 nitrogen and oxygen atoms in total. The molecule has 118 valence electrons. The van der Waals surface area contributed by atoms with E-state index >= 15 is 0 Å². The minimum atomic E-state index is 0.609. The molecule has 0 bridgehead atoms. The van der Waals surface area contributed by atoms with E-state index in [0.717, 1.165) is 27.3 Å². The van der Waals surface area contributed by atoms with Crippen molar-refractivity contribution in [3.05, 3.63) is 70.0 Å². The Morgan fingerprint density at radius 3 is 2.58 bits per heavy atom. The average Bonchev–Trinajstić information content (AvgIpc) is 3.01. The number of aromatic nitrogens is 2. The van der Waals surface area contributed by atoms with Gasteiger partial charge in [-0.3, -0.25) is 0 Å². The summed E-state index contributed by atoms with van der Waals surface area (Å²) in [4.78, 5) is 10.2. The second kappa shape index (κ2) is 6.40. The lowest BCUT2D eigenvalue weighted by atomic mass is 10.2. The number of rotatable bonds is 3. The van der Waals surface area contributed by atoms with Crippen LogP contribution in [0, 0.1) is 0 Å². The number of halogens is 2. The summed E-state index contributed by atoms with van der Waals surface area (Å²) in [5.74, 6) is 1.33. The maximum Gasteiger partial charge on any atom is 0.173 e. The van der Waals surface area contributed by atoms with Crippen molar-refractivity contribution in [2.75, 3.05) is 5.32 Å². The van der Waals surface area contributed by atoms with Gasteiger partial charge in [0.25, 0.3) is 0 Å². The SMILES string of the molecule is Clc1cccc(Nc2nc(-c3sccc3Cl)nc3ccccc23)c1. The Bertz CT molecular complexity index is 1030. The van der Waals surface area contributed by atoms with Gasteiger partial charge < -0.3 is 5.32 Å². The van der Waals surface area contributed by atoms with Crippen LogP contribution in [0.25, 0.3) is 21.6 Å². The van der Waals surface area contributed by atoms with E-state index in [2.05, 4.69) is 15.3 Å². The number of benzene rings is 2. The van der Waals surface area contributed by atoms with Crippen molar-refractivity contribution < 1.29 is 0 Å². The molecule has 0 aliphatic carbocycles. The highest BCUT2D eigenvalue weighted by Gasteiger charge is 2.13. The van der Waals surface area contributed by atoms with E-state index < -0.39 is 0 Å². The lowest BCUT2D eigenvalue weighted by Gasteiger charge is -2.11. The molecule has 0 saturated carbocycles. The third-order valence-electron chi connectivity index (χ3n) is 3.51. The van der Waals surface area contributed by atoms with Crippen LogP contribution in [0.15, 0.2) is 60.0 Å². The van der Waals surface area contributed by atoms with E-state index in [1.807, 2.05) is 60.0 Å². The Morgan fingerprint density at radius 1 is 0.917 bits per heavy atom. The Balaban J connectivity index is 1.88. The lowest BCUT2D eigenvalue weighted by molar-refractivity contribution is 1.23. The van der Waals surface area contributed by atoms with Crippen LogP contribution in [0.2, 0.25) is 10.0 Å². The van der Waals surface area contributed by atoms with Crippen LogP contribution in [-0.4, -0.2) is 9.97 Å². The van der Waals surface area contributed by atoms with Crippen molar-refractivity contribution in [1.29, 1.82) is 0 Å². The highest BCUT2D eigenvalue weighted by atomic mass is 35.5. The number of nitrogens with zero attached hydrogens (tertiary/aromatic N) is 2. The van der Waals surface area contributed by atoms with Gasteiger partial charge in [0.15, 0.2) is 5.82 Å². The standard InChI is InChI=1S/C18H11Cl2N3S/c19-11-4-3-5-12(10-11)21-17-13-6-1-2-7-15(13)22-18(23-17)16-14(20)8-9-24-16/h1-10H,(H,21,22,23). The summed E-state index contributed by atoms with van der Waals surface area (Å²) in [7, 11) is 0. The van der Waals surface area contributed by atoms with Crippen molar-refractivity contribution in [2.45, 2.75) is 0 Å². The van der Waals surface area contributed by atoms with Gasteiger partial charge >= 0.3 is 0 Å². The highest BCUT2D eigenvalue weighted by molar-refractivity contribution is 7.14. The average molecular weight is 372 g/mol. The third-order valence-corrected chi connectivity index (χ3v) is 5.08. The summed E-state index contributed by atoms with van der Waals surface area (Å²) in [6.45, 7) is 0. The topological polar surface area (TPSA) is 37.8 Å². The molecular weight excluding hydrogens is 361 g/mol. The summed E-state index contributed by atoms with van der Waals surface area (Å²) in [6, 6.07) is 17.3. The number of fused-ring (bicyclic) bond motifs is 1. The zero-order valence-electron chi connectivity index (χ0n) is 12.3. The smallest absolute Gasteiger partial charge is 0.173 e. The number of anilines is 2. The summed E-state index contributed by atoms with van der Waals surface area (Å²) < 4.78 is 0. The maximum atomic E-state index is 6.25. The van der Waals surface area contributed by atoms with Gasteiger partial charge in [0.2, 0.25) is 0 Å². The molecule has 2 aromatic carbocycles. The first-order chi connectivity index (χ1) is 11.7. The molecule has 0 atom stereocenters. The largest absolute Gasteiger partial charge is 0.340 e. The van der Waals surface area contributed by atoms with E-state index in [4.69, 9.17) is 23.2 Å². The van der Waals surface area contributed by atoms with Crippen molar-refractivity contribution in [3.63, 3.8) is 0 Å². The summed E-state index contributed by atoms with van der Waals surface area (Å²) in [6.07, 6.45) is 0. The molecule has 0 spiro atoms. The molecule has 2 aromatic heterocycles. The Kier molecular flexibility index (Phi) is 4.10. The van der Waals surface area contributed by atoms with Crippen LogP contribution >= 0.6 is 34.5 Å². The van der Waals surface area contributed by atoms with Gasteiger partial charge in [-0.1, -0.05) is 41.4 Å². The van der Waals surface area contributed by atoms with Crippen molar-refractivity contribution in [2.24, 2.45) is 0 Å². The summed E-state index contributed by atoms with van der Waals surface area (Å²) in [5, 5.41) is 7.53. The van der Waals surface area contributed by atoms with Crippen LogP contribution in [0.4, 0.5) is 11.5 Å². The Hall–Kier alpha value is -2.14. The van der Waals surface area contributed by atoms with Crippen LogP contribution in [0.1, 0.15) is 0 Å². The van der Waals surface area contributed by atoms with Gasteiger partial charge in [-0.25, -0.2) is 9.97 Å². The molecule has 2 heterocycles. The first-order valence-electron chi connectivity index (χ1n) is 7.23. The second-order valence-electron chi connectivity index (χ2n) is 5.15. The second-order valence-corrected chi connectivity index (χ2v) is 6.91. The predicted molar refractivity (Wildman–Crippen MR) is 103 cm³/mol. The molecule has 0 amide bonds. The lowest BCUT2D eigenvalue weighted by Crippen LogP contribution is -1.98. The monoisotopic (exact) mass is 371 g/mol. The van der Waals surface area contributed by atoms with E-state index in [0.29, 0.717) is 15.9 Å². The maximum absolute atomic E-state index is 6.25. The zero-order chi connectivity index (χ0) is 16.5. The molecule has 0 unspecified atom stereocenters. The molecule has 24 heavy (non-hydrogen) atoms. The van der Waals surface area contributed by atoms with E-state index in [1.54, 1.807) is 0 Å². The number of nitrogens with one attached hydrogen (secondary N) is 1. The zero-order valence-corrected chi connectivity index (χ0v) is 14.7. The predicted octanol–water partition coefficient (Wildman–Crippen LogP) is 6.41. The van der Waals surface area contributed by atoms with Gasteiger partial charge in [0, 0.05) is 16.1 Å². The van der Waals surface area contributed by atoms with Crippen molar-refractivity contribution in [1.82, 2.24) is 9.97 Å². The molecule has 4 rings (SSSR count). The number of para-hydroxylation sites is 1. The Labute approximate surface area is 152 Å². The molecule has 0 saturated heterocycles. The van der Waals surface area contributed by atoms with E-state index in [9.17, 15) is 0 Å². The molecule has 0 aliphatic heterocycles. The summed E-state index contributed by atoms with van der Waals surface area (Å²) in [5.41, 5.74) is 1.73. The summed E-state index contributed by atoms with van der Waals surface area (Å²) >= 11 is 13.8. The van der Waals surface area contributed by atoms with Crippen LogP contribution in [0.5, 0.6) is 0 Å². The van der Waals surface area contributed by atoms with E-state index in [-0.39, 0.29) is 0 Å². The quantitative estimate of drug-likeness (QED) is 0.452. The number of thiophene rings is 1. The molecule has 4 aromatic rings. The van der Waals surface area contributed by atoms with Gasteiger partial charge in [-0.15, -0.1) is 11.3 Å².